The Kier molecular flexibility index (Phi) is 4.32. The topological polar surface area (TPSA) is 72.6 Å². The summed E-state index contributed by atoms with van der Waals surface area (Å²) >= 11 is 1.56. The molecule has 3 rings (SSSR count). The van der Waals surface area contributed by atoms with Crippen LogP contribution in [-0.2, 0) is 10.2 Å². The predicted molar refractivity (Wildman–Crippen MR) is 92.9 cm³/mol. The number of fused-ring (bicyclic) bond motifs is 1. The highest BCUT2D eigenvalue weighted by Crippen LogP contribution is 2.45. The van der Waals surface area contributed by atoms with Crippen LogP contribution in [0.4, 0.5) is 0 Å². The number of aromatic nitrogens is 1. The molecule has 1 aliphatic carbocycles. The quantitative estimate of drug-likeness (QED) is 0.728. The van der Waals surface area contributed by atoms with Crippen LogP contribution in [0.2, 0.25) is 0 Å². The van der Waals surface area contributed by atoms with E-state index in [1.807, 2.05) is 12.1 Å². The Bertz CT molecular complexity index is 828. The molecule has 5 nitrogen and oxygen atoms in total. The van der Waals surface area contributed by atoms with Crippen molar-refractivity contribution in [2.24, 2.45) is 0 Å². The van der Waals surface area contributed by atoms with Gasteiger partial charge in [0, 0.05) is 21.9 Å². The van der Waals surface area contributed by atoms with E-state index in [1.165, 1.54) is 0 Å². The molecule has 2 aliphatic rings. The standard InChI is InChI=1S/C18H19NO4S/c1-18(2,3)14-10-24-17(19-14)13-8-11-9-22-6-4-12(11)16(13)23-7-5-15(20)21/h4,6,8-10H,5,7H2,1-3H3,(H,20,21). The largest absolute Gasteiger partial charge is 0.492 e. The molecule has 126 valence electrons. The number of hydrogen-bond acceptors (Lipinski definition) is 5. The van der Waals surface area contributed by atoms with Gasteiger partial charge in [0.05, 0.1) is 36.8 Å². The summed E-state index contributed by atoms with van der Waals surface area (Å²) in [5, 5.41) is 11.7. The van der Waals surface area contributed by atoms with Gasteiger partial charge in [-0.1, -0.05) is 20.8 Å². The molecule has 2 heterocycles. The van der Waals surface area contributed by atoms with Crippen LogP contribution in [-0.4, -0.2) is 22.7 Å². The second-order valence-corrected chi connectivity index (χ2v) is 7.45. The highest BCUT2D eigenvalue weighted by Gasteiger charge is 2.24. The molecule has 0 aromatic carbocycles. The lowest BCUT2D eigenvalue weighted by atomic mass is 9.93. The Labute approximate surface area is 144 Å². The molecule has 24 heavy (non-hydrogen) atoms. The van der Waals surface area contributed by atoms with Gasteiger partial charge in [-0.25, -0.2) is 4.98 Å². The molecule has 0 unspecified atom stereocenters. The first-order valence-electron chi connectivity index (χ1n) is 7.66. The molecule has 0 amide bonds. The molecule has 0 spiro atoms. The van der Waals surface area contributed by atoms with Crippen LogP contribution in [0.25, 0.3) is 21.7 Å². The number of rotatable bonds is 5. The van der Waals surface area contributed by atoms with Gasteiger partial charge in [0.15, 0.2) is 0 Å². The van der Waals surface area contributed by atoms with Gasteiger partial charge < -0.3 is 14.3 Å². The molecule has 6 heteroatoms. The van der Waals surface area contributed by atoms with Gasteiger partial charge in [0.25, 0.3) is 0 Å². The third-order valence-corrected chi connectivity index (χ3v) is 4.55. The average Bonchev–Trinajstić information content (AvgIpc) is 3.11. The average molecular weight is 345 g/mol. The highest BCUT2D eigenvalue weighted by molar-refractivity contribution is 7.13. The van der Waals surface area contributed by atoms with Crippen LogP contribution in [0.1, 0.15) is 32.9 Å². The van der Waals surface area contributed by atoms with Crippen molar-refractivity contribution >= 4 is 17.3 Å². The fourth-order valence-corrected chi connectivity index (χ4v) is 3.42. The zero-order valence-corrected chi connectivity index (χ0v) is 14.6. The van der Waals surface area contributed by atoms with Crippen molar-refractivity contribution in [1.82, 2.24) is 4.98 Å². The van der Waals surface area contributed by atoms with E-state index in [2.05, 4.69) is 26.2 Å². The maximum atomic E-state index is 10.8. The lowest BCUT2D eigenvalue weighted by Crippen LogP contribution is -2.11. The van der Waals surface area contributed by atoms with Crippen LogP contribution in [0.5, 0.6) is 5.75 Å². The number of hydrogen-bond donors (Lipinski definition) is 1. The van der Waals surface area contributed by atoms with Crippen molar-refractivity contribution in [2.45, 2.75) is 32.6 Å². The summed E-state index contributed by atoms with van der Waals surface area (Å²) in [6.07, 6.45) is 3.19. The molecule has 1 aliphatic heterocycles. The summed E-state index contributed by atoms with van der Waals surface area (Å²) in [6, 6.07) is 3.80. The first-order valence-corrected chi connectivity index (χ1v) is 8.54. The minimum Gasteiger partial charge on any atom is -0.492 e. The Balaban J connectivity index is 2.01. The highest BCUT2D eigenvalue weighted by atomic mass is 32.1. The molecular weight excluding hydrogens is 326 g/mol. The first-order chi connectivity index (χ1) is 11.4. The number of carboxylic acid groups (broad SMARTS) is 1. The molecule has 0 saturated carbocycles. The maximum Gasteiger partial charge on any atom is 0.306 e. The summed E-state index contributed by atoms with van der Waals surface area (Å²) in [5.41, 5.74) is 3.67. The number of ether oxygens (including phenoxy) is 1. The third kappa shape index (κ3) is 3.28. The van der Waals surface area contributed by atoms with Crippen molar-refractivity contribution in [3.8, 4) is 27.4 Å². The summed E-state index contributed by atoms with van der Waals surface area (Å²) < 4.78 is 11.0. The molecular formula is C18H19NO4S. The predicted octanol–water partition coefficient (Wildman–Crippen LogP) is 4.66. The normalized spacial score (nSPS) is 11.8. The Morgan fingerprint density at radius 1 is 1.38 bits per heavy atom. The van der Waals surface area contributed by atoms with Crippen molar-refractivity contribution in [3.63, 3.8) is 0 Å². The minimum absolute atomic E-state index is 0.0274. The second-order valence-electron chi connectivity index (χ2n) is 6.59. The third-order valence-electron chi connectivity index (χ3n) is 3.67. The van der Waals surface area contributed by atoms with E-state index in [0.29, 0.717) is 5.75 Å². The SMILES string of the molecule is CC(C)(C)c1csc(-c2cc3coccc-3c2OCCC(=O)O)n1. The molecule has 0 bridgehead atoms. The molecule has 0 saturated heterocycles. The maximum absolute atomic E-state index is 10.8. The van der Waals surface area contributed by atoms with Crippen LogP contribution >= 0.6 is 11.3 Å². The van der Waals surface area contributed by atoms with Gasteiger partial charge in [-0.15, -0.1) is 11.3 Å². The van der Waals surface area contributed by atoms with Crippen molar-refractivity contribution < 1.29 is 19.1 Å². The Hall–Kier alpha value is -2.34. The van der Waals surface area contributed by atoms with Crippen LogP contribution in [0, 0.1) is 0 Å². The van der Waals surface area contributed by atoms with Gasteiger partial charge in [-0.3, -0.25) is 4.79 Å². The summed E-state index contributed by atoms with van der Waals surface area (Å²) in [6.45, 7) is 6.48. The van der Waals surface area contributed by atoms with Crippen molar-refractivity contribution in [3.05, 3.63) is 35.7 Å². The molecule has 1 aromatic heterocycles. The summed E-state index contributed by atoms with van der Waals surface area (Å²) in [5.74, 6) is -0.219. The van der Waals surface area contributed by atoms with E-state index in [9.17, 15) is 4.79 Å². The summed E-state index contributed by atoms with van der Waals surface area (Å²) in [4.78, 5) is 15.5. The number of carboxylic acids is 1. The van der Waals surface area contributed by atoms with Crippen molar-refractivity contribution in [2.75, 3.05) is 6.61 Å². The zero-order valence-electron chi connectivity index (χ0n) is 13.8. The van der Waals surface area contributed by atoms with Gasteiger partial charge in [0.2, 0.25) is 0 Å². The minimum atomic E-state index is -0.883. The van der Waals surface area contributed by atoms with Gasteiger partial charge in [0.1, 0.15) is 10.8 Å². The monoisotopic (exact) mass is 345 g/mol. The zero-order chi connectivity index (χ0) is 17.3. The van der Waals surface area contributed by atoms with E-state index < -0.39 is 5.97 Å². The van der Waals surface area contributed by atoms with Crippen LogP contribution in [0.3, 0.4) is 0 Å². The van der Waals surface area contributed by atoms with E-state index in [0.717, 1.165) is 27.4 Å². The number of nitrogens with zero attached hydrogens (tertiary/aromatic N) is 1. The Morgan fingerprint density at radius 2 is 2.17 bits per heavy atom. The smallest absolute Gasteiger partial charge is 0.306 e. The molecule has 1 aromatic rings. The molecule has 0 radical (unpaired) electrons. The van der Waals surface area contributed by atoms with Gasteiger partial charge >= 0.3 is 5.97 Å². The number of thiazole rings is 1. The summed E-state index contributed by atoms with van der Waals surface area (Å²) in [7, 11) is 0. The van der Waals surface area contributed by atoms with Crippen LogP contribution in [0.15, 0.2) is 34.5 Å². The van der Waals surface area contributed by atoms with E-state index in [1.54, 1.807) is 23.9 Å². The lowest BCUT2D eigenvalue weighted by molar-refractivity contribution is -0.137. The van der Waals surface area contributed by atoms with Crippen molar-refractivity contribution in [1.29, 1.82) is 0 Å². The fourth-order valence-electron chi connectivity index (χ4n) is 2.36. The Morgan fingerprint density at radius 3 is 2.83 bits per heavy atom. The molecule has 0 atom stereocenters. The van der Waals surface area contributed by atoms with E-state index >= 15 is 0 Å². The van der Waals surface area contributed by atoms with Gasteiger partial charge in [-0.05, 0) is 12.1 Å². The van der Waals surface area contributed by atoms with Crippen LogP contribution < -0.4 is 4.74 Å². The lowest BCUT2D eigenvalue weighted by Gasteiger charge is -2.14. The molecule has 1 N–H and O–H groups in total. The first kappa shape index (κ1) is 16.5. The molecule has 0 fully saturated rings. The van der Waals surface area contributed by atoms with E-state index in [-0.39, 0.29) is 18.4 Å². The number of carbonyl (C=O) groups is 1. The van der Waals surface area contributed by atoms with E-state index in [4.69, 9.17) is 19.2 Å². The second kappa shape index (κ2) is 6.28. The van der Waals surface area contributed by atoms with Gasteiger partial charge in [-0.2, -0.15) is 0 Å². The number of aliphatic carboxylic acids is 1. The fraction of sp³-hybridized carbons (Fsp3) is 0.333.